The molecule has 0 atom stereocenters. The van der Waals surface area contributed by atoms with E-state index in [1.807, 2.05) is 55.5 Å². The molecule has 0 saturated heterocycles. The van der Waals surface area contributed by atoms with E-state index < -0.39 is 5.97 Å². The number of fused-ring (bicyclic) bond motifs is 1. The maximum atomic E-state index is 11.4. The molecule has 1 aromatic heterocycles. The van der Waals surface area contributed by atoms with Crippen LogP contribution in [0.3, 0.4) is 0 Å². The monoisotopic (exact) mass is 293 g/mol. The fourth-order valence-electron chi connectivity index (χ4n) is 2.32. The van der Waals surface area contributed by atoms with Gasteiger partial charge < -0.3 is 9.84 Å². The molecule has 4 nitrogen and oxygen atoms in total. The maximum absolute atomic E-state index is 11.4. The highest BCUT2D eigenvalue weighted by Gasteiger charge is 2.14. The van der Waals surface area contributed by atoms with E-state index in [-0.39, 0.29) is 12.2 Å². The second-order valence-electron chi connectivity index (χ2n) is 5.03. The average molecular weight is 293 g/mol. The van der Waals surface area contributed by atoms with Gasteiger partial charge in [0.2, 0.25) is 0 Å². The Bertz CT molecular complexity index is 843. The zero-order valence-corrected chi connectivity index (χ0v) is 12.1. The summed E-state index contributed by atoms with van der Waals surface area (Å²) in [6.45, 7) is 2.07. The second-order valence-corrected chi connectivity index (χ2v) is 5.03. The van der Waals surface area contributed by atoms with Crippen LogP contribution >= 0.6 is 0 Å². The van der Waals surface area contributed by atoms with Crippen LogP contribution in [-0.2, 0) is 6.61 Å². The zero-order chi connectivity index (χ0) is 15.5. The molecule has 4 heteroatoms. The fourth-order valence-corrected chi connectivity index (χ4v) is 2.32. The van der Waals surface area contributed by atoms with Gasteiger partial charge in [0.05, 0.1) is 16.8 Å². The molecule has 0 amide bonds. The number of carbonyl (C=O) groups is 1. The lowest BCUT2D eigenvalue weighted by atomic mass is 10.1. The summed E-state index contributed by atoms with van der Waals surface area (Å²) in [7, 11) is 0. The molecule has 0 bridgehead atoms. The SMILES string of the molecule is Cc1ccccc1OCc1nc2ccccc2cc1C(=O)O. The molecule has 0 aliphatic carbocycles. The Labute approximate surface area is 128 Å². The summed E-state index contributed by atoms with van der Waals surface area (Å²) in [5.74, 6) is -0.268. The molecule has 2 aromatic carbocycles. The predicted molar refractivity (Wildman–Crippen MR) is 84.2 cm³/mol. The summed E-state index contributed by atoms with van der Waals surface area (Å²) in [5.41, 5.74) is 2.36. The van der Waals surface area contributed by atoms with Gasteiger partial charge in [0.25, 0.3) is 0 Å². The van der Waals surface area contributed by atoms with E-state index in [2.05, 4.69) is 4.98 Å². The third-order valence-corrected chi connectivity index (χ3v) is 3.49. The van der Waals surface area contributed by atoms with Gasteiger partial charge in [0.15, 0.2) is 0 Å². The largest absolute Gasteiger partial charge is 0.487 e. The van der Waals surface area contributed by atoms with Gasteiger partial charge in [0.1, 0.15) is 12.4 Å². The van der Waals surface area contributed by atoms with Crippen molar-refractivity contribution in [2.24, 2.45) is 0 Å². The molecule has 0 spiro atoms. The number of benzene rings is 2. The Balaban J connectivity index is 1.96. The van der Waals surface area contributed by atoms with Crippen LogP contribution in [0.4, 0.5) is 0 Å². The first-order valence-corrected chi connectivity index (χ1v) is 6.95. The van der Waals surface area contributed by atoms with Crippen molar-refractivity contribution in [2.75, 3.05) is 0 Å². The lowest BCUT2D eigenvalue weighted by molar-refractivity contribution is 0.0693. The van der Waals surface area contributed by atoms with Crippen molar-refractivity contribution in [1.82, 2.24) is 4.98 Å². The van der Waals surface area contributed by atoms with E-state index in [0.29, 0.717) is 5.69 Å². The smallest absolute Gasteiger partial charge is 0.337 e. The Kier molecular flexibility index (Phi) is 3.74. The van der Waals surface area contributed by atoms with E-state index >= 15 is 0 Å². The summed E-state index contributed by atoms with van der Waals surface area (Å²) >= 11 is 0. The number of aryl methyl sites for hydroxylation is 1. The third kappa shape index (κ3) is 2.76. The van der Waals surface area contributed by atoms with Crippen molar-refractivity contribution in [1.29, 1.82) is 0 Å². The summed E-state index contributed by atoms with van der Waals surface area (Å²) in [4.78, 5) is 15.9. The highest BCUT2D eigenvalue weighted by atomic mass is 16.5. The van der Waals surface area contributed by atoms with Crippen molar-refractivity contribution in [3.8, 4) is 5.75 Å². The van der Waals surface area contributed by atoms with Crippen LogP contribution in [0.15, 0.2) is 54.6 Å². The third-order valence-electron chi connectivity index (χ3n) is 3.49. The van der Waals surface area contributed by atoms with Gasteiger partial charge >= 0.3 is 5.97 Å². The standard InChI is InChI=1S/C18H15NO3/c1-12-6-2-5-9-17(12)22-11-16-14(18(20)21)10-13-7-3-4-8-15(13)19-16/h2-10H,11H2,1H3,(H,20,21). The molecule has 1 heterocycles. The number of hydrogen-bond donors (Lipinski definition) is 1. The van der Waals surface area contributed by atoms with Gasteiger partial charge in [-0.25, -0.2) is 9.78 Å². The number of para-hydroxylation sites is 2. The Morgan fingerprint density at radius 2 is 1.86 bits per heavy atom. The Morgan fingerprint density at radius 3 is 2.64 bits per heavy atom. The minimum absolute atomic E-state index is 0.122. The van der Waals surface area contributed by atoms with E-state index in [4.69, 9.17) is 4.74 Å². The molecule has 3 aromatic rings. The van der Waals surface area contributed by atoms with Gasteiger partial charge in [-0.3, -0.25) is 0 Å². The van der Waals surface area contributed by atoms with Crippen LogP contribution in [0.5, 0.6) is 5.75 Å². The van der Waals surface area contributed by atoms with Gasteiger partial charge in [-0.1, -0.05) is 36.4 Å². The topological polar surface area (TPSA) is 59.4 Å². The molecule has 0 saturated carbocycles. The Morgan fingerprint density at radius 1 is 1.14 bits per heavy atom. The molecular formula is C18H15NO3. The number of ether oxygens (including phenoxy) is 1. The number of hydrogen-bond acceptors (Lipinski definition) is 3. The molecule has 0 fully saturated rings. The highest BCUT2D eigenvalue weighted by Crippen LogP contribution is 2.21. The maximum Gasteiger partial charge on any atom is 0.337 e. The quantitative estimate of drug-likeness (QED) is 0.794. The van der Waals surface area contributed by atoms with Crippen LogP contribution in [0.1, 0.15) is 21.6 Å². The van der Waals surface area contributed by atoms with Crippen LogP contribution < -0.4 is 4.74 Å². The predicted octanol–water partition coefficient (Wildman–Crippen LogP) is 3.82. The zero-order valence-electron chi connectivity index (χ0n) is 12.1. The second kappa shape index (κ2) is 5.85. The Hall–Kier alpha value is -2.88. The molecular weight excluding hydrogens is 278 g/mol. The molecule has 0 unspecified atom stereocenters. The minimum Gasteiger partial charge on any atom is -0.487 e. The van der Waals surface area contributed by atoms with E-state index in [9.17, 15) is 9.90 Å². The molecule has 0 aliphatic heterocycles. The minimum atomic E-state index is -0.998. The molecule has 0 radical (unpaired) electrons. The molecule has 0 aliphatic rings. The van der Waals surface area contributed by atoms with Crippen LogP contribution in [0, 0.1) is 6.92 Å². The average Bonchev–Trinajstić information content (AvgIpc) is 2.53. The van der Waals surface area contributed by atoms with E-state index in [1.165, 1.54) is 0 Å². The van der Waals surface area contributed by atoms with Gasteiger partial charge in [0, 0.05) is 5.39 Å². The van der Waals surface area contributed by atoms with Crippen LogP contribution in [0.2, 0.25) is 0 Å². The van der Waals surface area contributed by atoms with Crippen molar-refractivity contribution >= 4 is 16.9 Å². The first kappa shape index (κ1) is 14.1. The van der Waals surface area contributed by atoms with Crippen LogP contribution in [0.25, 0.3) is 10.9 Å². The molecule has 110 valence electrons. The van der Waals surface area contributed by atoms with Gasteiger partial charge in [-0.05, 0) is 30.7 Å². The lowest BCUT2D eigenvalue weighted by Crippen LogP contribution is -2.08. The number of carboxylic acid groups (broad SMARTS) is 1. The number of carboxylic acids is 1. The number of nitrogens with zero attached hydrogens (tertiary/aromatic N) is 1. The normalized spacial score (nSPS) is 10.6. The van der Waals surface area contributed by atoms with E-state index in [0.717, 1.165) is 22.2 Å². The van der Waals surface area contributed by atoms with Crippen molar-refractivity contribution in [3.63, 3.8) is 0 Å². The summed E-state index contributed by atoms with van der Waals surface area (Å²) < 4.78 is 5.74. The molecule has 1 N–H and O–H groups in total. The van der Waals surface area contributed by atoms with Crippen LogP contribution in [-0.4, -0.2) is 16.1 Å². The first-order chi connectivity index (χ1) is 10.6. The molecule has 3 rings (SSSR count). The first-order valence-electron chi connectivity index (χ1n) is 6.95. The fraction of sp³-hybridized carbons (Fsp3) is 0.111. The number of pyridine rings is 1. The summed E-state index contributed by atoms with van der Waals surface area (Å²) in [5, 5.41) is 10.2. The van der Waals surface area contributed by atoms with Crippen molar-refractivity contribution in [2.45, 2.75) is 13.5 Å². The number of rotatable bonds is 4. The summed E-state index contributed by atoms with van der Waals surface area (Å²) in [6.07, 6.45) is 0. The van der Waals surface area contributed by atoms with Gasteiger partial charge in [-0.15, -0.1) is 0 Å². The van der Waals surface area contributed by atoms with Crippen molar-refractivity contribution < 1.29 is 14.6 Å². The number of aromatic carboxylic acids is 1. The lowest BCUT2D eigenvalue weighted by Gasteiger charge is -2.11. The molecule has 22 heavy (non-hydrogen) atoms. The highest BCUT2D eigenvalue weighted by molar-refractivity contribution is 5.93. The number of aromatic nitrogens is 1. The van der Waals surface area contributed by atoms with E-state index in [1.54, 1.807) is 6.07 Å². The van der Waals surface area contributed by atoms with Gasteiger partial charge in [-0.2, -0.15) is 0 Å². The van der Waals surface area contributed by atoms with Crippen molar-refractivity contribution in [3.05, 3.63) is 71.4 Å². The summed E-state index contributed by atoms with van der Waals surface area (Å²) in [6, 6.07) is 16.7.